The second-order valence-corrected chi connectivity index (χ2v) is 12.8. The van der Waals surface area contributed by atoms with Crippen molar-refractivity contribution < 1.29 is 18.7 Å². The van der Waals surface area contributed by atoms with Gasteiger partial charge in [-0.15, -0.1) is 0 Å². The first-order valence-corrected chi connectivity index (χ1v) is 11.2. The van der Waals surface area contributed by atoms with E-state index < -0.39 is 25.8 Å². The molecule has 5 nitrogen and oxygen atoms in total. The van der Waals surface area contributed by atoms with E-state index in [0.717, 1.165) is 19.5 Å². The highest BCUT2D eigenvalue weighted by molar-refractivity contribution is 6.74. The van der Waals surface area contributed by atoms with Crippen LogP contribution in [0.4, 0.5) is 10.2 Å². The predicted octanol–water partition coefficient (Wildman–Crippen LogP) is 3.77. The minimum Gasteiger partial charge on any atom is -0.478 e. The molecule has 1 aromatic rings. The number of halogens is 1. The second kappa shape index (κ2) is 6.80. The van der Waals surface area contributed by atoms with Gasteiger partial charge in [0.25, 0.3) is 0 Å². The molecular formula is C17H27FN2O3Si. The lowest BCUT2D eigenvalue weighted by Crippen LogP contribution is -2.42. The van der Waals surface area contributed by atoms with Crippen LogP contribution in [0.3, 0.4) is 0 Å². The van der Waals surface area contributed by atoms with Gasteiger partial charge in [0.15, 0.2) is 8.32 Å². The molecule has 0 radical (unpaired) electrons. The molecule has 0 aromatic carbocycles. The van der Waals surface area contributed by atoms with E-state index in [4.69, 9.17) is 9.53 Å². The highest BCUT2D eigenvalue weighted by Crippen LogP contribution is 2.37. The Bertz CT molecular complexity index is 616. The van der Waals surface area contributed by atoms with Gasteiger partial charge in [0, 0.05) is 25.6 Å². The zero-order chi connectivity index (χ0) is 18.1. The fourth-order valence-corrected chi connectivity index (χ4v) is 3.57. The van der Waals surface area contributed by atoms with Crippen molar-refractivity contribution in [2.24, 2.45) is 5.92 Å². The zero-order valence-corrected chi connectivity index (χ0v) is 16.1. The molecule has 1 aliphatic rings. The summed E-state index contributed by atoms with van der Waals surface area (Å²) in [6, 6.07) is 2.85. The van der Waals surface area contributed by atoms with Crippen molar-refractivity contribution >= 4 is 20.1 Å². The molecule has 134 valence electrons. The molecule has 7 heteroatoms. The zero-order valence-electron chi connectivity index (χ0n) is 15.1. The van der Waals surface area contributed by atoms with Crippen LogP contribution in [0, 0.1) is 11.9 Å². The fourth-order valence-electron chi connectivity index (χ4n) is 2.48. The summed E-state index contributed by atoms with van der Waals surface area (Å²) in [5, 5.41) is 9.05. The standard InChI is InChI=1S/C17H27FN2O3Si/c1-17(2,3)24(4,5)23-11-12-8-9-20(10-12)14-7-6-13(16(21)22)15(18)19-14/h6-7,12H,8-11H2,1-5H3,(H,21,22)/t12-/m1/s1. The Morgan fingerprint density at radius 1 is 1.46 bits per heavy atom. The summed E-state index contributed by atoms with van der Waals surface area (Å²) in [5.74, 6) is -1.34. The van der Waals surface area contributed by atoms with Crippen LogP contribution in [-0.4, -0.2) is 44.1 Å². The molecule has 2 rings (SSSR count). The molecule has 0 unspecified atom stereocenters. The number of hydrogen-bond donors (Lipinski definition) is 1. The Morgan fingerprint density at radius 3 is 2.67 bits per heavy atom. The minimum absolute atomic E-state index is 0.183. The van der Waals surface area contributed by atoms with E-state index in [-0.39, 0.29) is 5.04 Å². The molecular weight excluding hydrogens is 327 g/mol. The number of anilines is 1. The summed E-state index contributed by atoms with van der Waals surface area (Å²) in [4.78, 5) is 16.7. The number of hydrogen-bond acceptors (Lipinski definition) is 4. The fraction of sp³-hybridized carbons (Fsp3) is 0.647. The van der Waals surface area contributed by atoms with Crippen molar-refractivity contribution in [1.82, 2.24) is 4.98 Å². The van der Waals surface area contributed by atoms with Crippen molar-refractivity contribution in [1.29, 1.82) is 0 Å². The third kappa shape index (κ3) is 4.13. The lowest BCUT2D eigenvalue weighted by atomic mass is 10.1. The molecule has 24 heavy (non-hydrogen) atoms. The summed E-state index contributed by atoms with van der Waals surface area (Å²) in [6.07, 6.45) is 0.971. The molecule has 0 bridgehead atoms. The summed E-state index contributed by atoms with van der Waals surface area (Å²) >= 11 is 0. The predicted molar refractivity (Wildman–Crippen MR) is 94.6 cm³/mol. The Morgan fingerprint density at radius 2 is 2.12 bits per heavy atom. The number of aromatic carboxylic acids is 1. The topological polar surface area (TPSA) is 62.7 Å². The number of carboxylic acid groups (broad SMARTS) is 1. The average Bonchev–Trinajstić information content (AvgIpc) is 2.92. The third-order valence-electron chi connectivity index (χ3n) is 5.16. The van der Waals surface area contributed by atoms with Gasteiger partial charge in [-0.1, -0.05) is 20.8 Å². The Kier molecular flexibility index (Phi) is 5.34. The molecule has 2 heterocycles. The Balaban J connectivity index is 1.96. The van der Waals surface area contributed by atoms with E-state index in [0.29, 0.717) is 18.3 Å². The summed E-state index contributed by atoms with van der Waals surface area (Å²) in [6.45, 7) is 13.4. The first-order chi connectivity index (χ1) is 11.0. The van der Waals surface area contributed by atoms with Crippen LogP contribution in [0.1, 0.15) is 37.6 Å². The molecule has 0 saturated carbocycles. The van der Waals surface area contributed by atoms with Gasteiger partial charge < -0.3 is 14.4 Å². The molecule has 1 atom stereocenters. The van der Waals surface area contributed by atoms with Crippen LogP contribution in [0.25, 0.3) is 0 Å². The molecule has 0 aliphatic carbocycles. The van der Waals surface area contributed by atoms with Crippen molar-refractivity contribution in [3.8, 4) is 0 Å². The maximum Gasteiger partial charge on any atom is 0.340 e. The summed E-state index contributed by atoms with van der Waals surface area (Å²) in [5.41, 5.74) is -0.393. The highest BCUT2D eigenvalue weighted by atomic mass is 28.4. The second-order valence-electron chi connectivity index (χ2n) is 7.99. The molecule has 1 saturated heterocycles. The summed E-state index contributed by atoms with van der Waals surface area (Å²) < 4.78 is 20.0. The highest BCUT2D eigenvalue weighted by Gasteiger charge is 2.38. The van der Waals surface area contributed by atoms with Crippen LogP contribution in [-0.2, 0) is 4.43 Å². The maximum absolute atomic E-state index is 13.7. The summed E-state index contributed by atoms with van der Waals surface area (Å²) in [7, 11) is -1.76. The van der Waals surface area contributed by atoms with Crippen LogP contribution >= 0.6 is 0 Å². The minimum atomic E-state index is -1.76. The van der Waals surface area contributed by atoms with Gasteiger partial charge in [0.05, 0.1) is 0 Å². The first-order valence-electron chi connectivity index (χ1n) is 8.30. The molecule has 1 N–H and O–H groups in total. The van der Waals surface area contributed by atoms with Crippen LogP contribution < -0.4 is 4.90 Å². The molecule has 1 aromatic heterocycles. The molecule has 1 aliphatic heterocycles. The van der Waals surface area contributed by atoms with Gasteiger partial charge in [0.1, 0.15) is 11.4 Å². The van der Waals surface area contributed by atoms with Crippen molar-refractivity contribution in [3.63, 3.8) is 0 Å². The quantitative estimate of drug-likeness (QED) is 0.644. The largest absolute Gasteiger partial charge is 0.478 e. The van der Waals surface area contributed by atoms with Crippen LogP contribution in [0.15, 0.2) is 12.1 Å². The smallest absolute Gasteiger partial charge is 0.340 e. The number of pyridine rings is 1. The van der Waals surface area contributed by atoms with Crippen molar-refractivity contribution in [2.75, 3.05) is 24.6 Å². The number of rotatable bonds is 5. The normalized spacial score (nSPS) is 18.9. The van der Waals surface area contributed by atoms with Gasteiger partial charge in [-0.05, 0) is 36.7 Å². The van der Waals surface area contributed by atoms with E-state index in [1.165, 1.54) is 6.07 Å². The van der Waals surface area contributed by atoms with Crippen LogP contribution in [0.5, 0.6) is 0 Å². The maximum atomic E-state index is 13.7. The third-order valence-corrected chi connectivity index (χ3v) is 9.66. The molecule has 0 amide bonds. The SMILES string of the molecule is CC(C)(C)[Si](C)(C)OC[C@@H]1CCN(c2ccc(C(=O)O)c(F)n2)C1. The Hall–Kier alpha value is -1.47. The lowest BCUT2D eigenvalue weighted by Gasteiger charge is -2.37. The Labute approximate surface area is 144 Å². The van der Waals surface area contributed by atoms with E-state index in [9.17, 15) is 9.18 Å². The lowest BCUT2D eigenvalue weighted by molar-refractivity contribution is 0.0691. The molecule has 0 spiro atoms. The number of aromatic nitrogens is 1. The van der Waals surface area contributed by atoms with Crippen LogP contribution in [0.2, 0.25) is 18.1 Å². The van der Waals surface area contributed by atoms with E-state index in [1.54, 1.807) is 6.07 Å². The number of carbonyl (C=O) groups is 1. The van der Waals surface area contributed by atoms with E-state index in [2.05, 4.69) is 38.8 Å². The number of carboxylic acids is 1. The van der Waals surface area contributed by atoms with E-state index in [1.807, 2.05) is 4.90 Å². The van der Waals surface area contributed by atoms with Gasteiger partial charge in [-0.25, -0.2) is 9.78 Å². The first kappa shape index (κ1) is 18.9. The monoisotopic (exact) mass is 354 g/mol. The van der Waals surface area contributed by atoms with Gasteiger partial charge >= 0.3 is 5.97 Å². The average molecular weight is 354 g/mol. The van der Waals surface area contributed by atoms with Gasteiger partial charge in [0.2, 0.25) is 5.95 Å². The van der Waals surface area contributed by atoms with Crippen molar-refractivity contribution in [2.45, 2.75) is 45.3 Å². The van der Waals surface area contributed by atoms with Gasteiger partial charge in [-0.3, -0.25) is 0 Å². The van der Waals surface area contributed by atoms with Gasteiger partial charge in [-0.2, -0.15) is 4.39 Å². The molecule has 1 fully saturated rings. The van der Waals surface area contributed by atoms with Crippen molar-refractivity contribution in [3.05, 3.63) is 23.6 Å². The van der Waals surface area contributed by atoms with E-state index >= 15 is 0 Å². The number of nitrogens with zero attached hydrogens (tertiary/aromatic N) is 2.